The van der Waals surface area contributed by atoms with Crippen molar-refractivity contribution in [3.63, 3.8) is 0 Å². The SMILES string of the molecule is Cc1ccc(S(=O)(=O)N2C/C=C\c3cc(F)ccc3N(S(=O)(=O)c3ccc(C)cc3)C/C=C\c3cc(F)ccc32)cc1. The molecule has 1 heterocycles. The predicted octanol–water partition coefficient (Wildman–Crippen LogP) is 6.71. The van der Waals surface area contributed by atoms with Gasteiger partial charge in [-0.05, 0) is 74.5 Å². The number of sulfonamides is 2. The van der Waals surface area contributed by atoms with Crippen molar-refractivity contribution in [2.24, 2.45) is 0 Å². The first kappa shape index (κ1) is 29.2. The number of benzene rings is 4. The maximum atomic E-state index is 14.4. The second-order valence-electron chi connectivity index (χ2n) is 9.91. The second kappa shape index (κ2) is 11.5. The van der Waals surface area contributed by atoms with E-state index in [2.05, 4.69) is 0 Å². The average Bonchev–Trinajstić information content (AvgIpc) is 2.94. The molecular formula is C32H28F2N2O4S2. The van der Waals surface area contributed by atoms with Crippen LogP contribution in [0.1, 0.15) is 22.3 Å². The maximum Gasteiger partial charge on any atom is 0.264 e. The number of rotatable bonds is 4. The summed E-state index contributed by atoms with van der Waals surface area (Å²) in [4.78, 5) is 0.101. The lowest BCUT2D eigenvalue weighted by Gasteiger charge is -2.27. The Kier molecular flexibility index (Phi) is 8.03. The van der Waals surface area contributed by atoms with Crippen LogP contribution in [0.25, 0.3) is 12.2 Å². The lowest BCUT2D eigenvalue weighted by molar-refractivity contribution is 0.591. The molecule has 0 amide bonds. The lowest BCUT2D eigenvalue weighted by atomic mass is 10.1. The first-order valence-corrected chi connectivity index (χ1v) is 16.0. The highest BCUT2D eigenvalue weighted by atomic mass is 32.2. The summed E-state index contributed by atoms with van der Waals surface area (Å²) in [6.07, 6.45) is 6.00. The first-order valence-electron chi connectivity index (χ1n) is 13.1. The van der Waals surface area contributed by atoms with Gasteiger partial charge in [-0.15, -0.1) is 0 Å². The molecule has 5 rings (SSSR count). The molecule has 6 nitrogen and oxygen atoms in total. The van der Waals surface area contributed by atoms with Gasteiger partial charge < -0.3 is 0 Å². The molecule has 0 aromatic heterocycles. The van der Waals surface area contributed by atoms with Crippen LogP contribution in [-0.4, -0.2) is 29.9 Å². The van der Waals surface area contributed by atoms with Crippen molar-refractivity contribution in [1.29, 1.82) is 0 Å². The summed E-state index contributed by atoms with van der Waals surface area (Å²) in [5, 5.41) is 0. The van der Waals surface area contributed by atoms with Crippen LogP contribution in [0.5, 0.6) is 0 Å². The van der Waals surface area contributed by atoms with E-state index in [-0.39, 0.29) is 45.4 Å². The highest BCUT2D eigenvalue weighted by molar-refractivity contribution is 7.93. The van der Waals surface area contributed by atoms with Gasteiger partial charge in [0.1, 0.15) is 11.6 Å². The minimum atomic E-state index is -4.11. The molecule has 1 aliphatic rings. The quantitative estimate of drug-likeness (QED) is 0.259. The maximum absolute atomic E-state index is 14.4. The molecule has 4 aromatic rings. The molecule has 0 spiro atoms. The minimum absolute atomic E-state index is 0.0506. The zero-order valence-electron chi connectivity index (χ0n) is 22.9. The molecule has 10 heteroatoms. The molecule has 0 bridgehead atoms. The van der Waals surface area contributed by atoms with Crippen LogP contribution in [0, 0.1) is 25.5 Å². The van der Waals surface area contributed by atoms with E-state index < -0.39 is 31.7 Å². The summed E-state index contributed by atoms with van der Waals surface area (Å²) < 4.78 is 86.6. The monoisotopic (exact) mass is 606 g/mol. The molecule has 4 aromatic carbocycles. The number of nitrogens with zero attached hydrogens (tertiary/aromatic N) is 2. The molecule has 1 aliphatic heterocycles. The molecule has 42 heavy (non-hydrogen) atoms. The smallest absolute Gasteiger partial charge is 0.262 e. The standard InChI is InChI=1S/C32H28F2N2O4S2/c1-23-7-13-29(14-8-23)41(37,38)35-19-3-5-26-22-28(34)12-18-32(26)36(42(39,40)30-15-9-24(2)10-16-30)20-4-6-25-21-27(33)11-17-31(25)35/h3-18,21-22H,19-20H2,1-2H3/b5-3-,6-4-. The molecule has 216 valence electrons. The molecule has 0 unspecified atom stereocenters. The van der Waals surface area contributed by atoms with Gasteiger partial charge in [0.15, 0.2) is 0 Å². The fourth-order valence-corrected chi connectivity index (χ4v) is 7.53. The van der Waals surface area contributed by atoms with Crippen molar-refractivity contribution in [3.05, 3.63) is 131 Å². The topological polar surface area (TPSA) is 74.8 Å². The summed E-state index contributed by atoms with van der Waals surface area (Å²) in [5.74, 6) is -1.17. The van der Waals surface area contributed by atoms with Crippen LogP contribution in [0.15, 0.2) is 107 Å². The molecule has 0 aliphatic carbocycles. The minimum Gasteiger partial charge on any atom is -0.262 e. The van der Waals surface area contributed by atoms with E-state index >= 15 is 0 Å². The van der Waals surface area contributed by atoms with Crippen LogP contribution in [0.3, 0.4) is 0 Å². The molecule has 0 N–H and O–H groups in total. The van der Waals surface area contributed by atoms with E-state index in [1.807, 2.05) is 13.8 Å². The third kappa shape index (κ3) is 5.86. The van der Waals surface area contributed by atoms with Crippen molar-refractivity contribution < 1.29 is 25.6 Å². The number of anilines is 2. The second-order valence-corrected chi connectivity index (χ2v) is 13.6. The average molecular weight is 607 g/mol. The van der Waals surface area contributed by atoms with Crippen molar-refractivity contribution in [2.75, 3.05) is 21.7 Å². The van der Waals surface area contributed by atoms with Crippen molar-refractivity contribution >= 4 is 43.6 Å². The van der Waals surface area contributed by atoms with Gasteiger partial charge in [-0.3, -0.25) is 8.61 Å². The molecular weight excluding hydrogens is 578 g/mol. The van der Waals surface area contributed by atoms with Gasteiger partial charge in [-0.2, -0.15) is 0 Å². The highest BCUT2D eigenvalue weighted by Gasteiger charge is 2.28. The fourth-order valence-electron chi connectivity index (χ4n) is 4.65. The number of aryl methyl sites for hydroxylation is 2. The van der Waals surface area contributed by atoms with E-state index in [0.717, 1.165) is 19.7 Å². The summed E-state index contributed by atoms with van der Waals surface area (Å²) >= 11 is 0. The van der Waals surface area contributed by atoms with Gasteiger partial charge in [0.2, 0.25) is 0 Å². The van der Waals surface area contributed by atoms with Gasteiger partial charge in [-0.25, -0.2) is 25.6 Å². The lowest BCUT2D eigenvalue weighted by Crippen LogP contribution is -2.33. The number of hydrogen-bond acceptors (Lipinski definition) is 4. The van der Waals surface area contributed by atoms with Crippen LogP contribution >= 0.6 is 0 Å². The molecule has 0 saturated heterocycles. The van der Waals surface area contributed by atoms with Crippen LogP contribution in [0.4, 0.5) is 20.2 Å². The molecule has 0 radical (unpaired) electrons. The summed E-state index contributed by atoms with van der Waals surface area (Å²) in [7, 11) is -8.21. The Morgan fingerprint density at radius 1 is 0.548 bits per heavy atom. The summed E-state index contributed by atoms with van der Waals surface area (Å²) in [6, 6.07) is 20.2. The summed E-state index contributed by atoms with van der Waals surface area (Å²) in [6.45, 7) is 3.31. The Morgan fingerprint density at radius 3 is 1.26 bits per heavy atom. The molecule has 0 fully saturated rings. The van der Waals surface area contributed by atoms with Crippen LogP contribution in [0.2, 0.25) is 0 Å². The zero-order valence-corrected chi connectivity index (χ0v) is 24.5. The van der Waals surface area contributed by atoms with E-state index in [4.69, 9.17) is 0 Å². The Hall–Kier alpha value is -4.28. The fraction of sp³-hybridized carbons (Fsp3) is 0.125. The third-order valence-corrected chi connectivity index (χ3v) is 10.5. The van der Waals surface area contributed by atoms with Gasteiger partial charge >= 0.3 is 0 Å². The molecule has 0 saturated carbocycles. The Bertz CT molecular complexity index is 1760. The molecule has 0 atom stereocenters. The van der Waals surface area contributed by atoms with E-state index in [1.165, 1.54) is 85.0 Å². The Morgan fingerprint density at radius 2 is 0.905 bits per heavy atom. The zero-order chi connectivity index (χ0) is 30.1. The Labute approximate surface area is 245 Å². The van der Waals surface area contributed by atoms with Gasteiger partial charge in [0, 0.05) is 11.1 Å². The third-order valence-electron chi connectivity index (χ3n) is 6.87. The number of halogens is 2. The normalized spacial score (nSPS) is 15.6. The summed E-state index contributed by atoms with van der Waals surface area (Å²) in [5.41, 5.74) is 2.66. The van der Waals surface area contributed by atoms with Crippen LogP contribution < -0.4 is 8.61 Å². The van der Waals surface area contributed by atoms with Crippen molar-refractivity contribution in [2.45, 2.75) is 23.6 Å². The number of hydrogen-bond donors (Lipinski definition) is 0. The highest BCUT2D eigenvalue weighted by Crippen LogP contribution is 2.33. The van der Waals surface area contributed by atoms with Crippen molar-refractivity contribution in [1.82, 2.24) is 0 Å². The van der Waals surface area contributed by atoms with Gasteiger partial charge in [-0.1, -0.05) is 59.7 Å². The van der Waals surface area contributed by atoms with Gasteiger partial charge in [0.25, 0.3) is 20.0 Å². The van der Waals surface area contributed by atoms with Crippen LogP contribution in [-0.2, 0) is 20.0 Å². The van der Waals surface area contributed by atoms with Crippen molar-refractivity contribution in [3.8, 4) is 0 Å². The van der Waals surface area contributed by atoms with Gasteiger partial charge in [0.05, 0.1) is 34.3 Å². The number of fused-ring (bicyclic) bond motifs is 2. The first-order chi connectivity index (χ1) is 20.0. The Balaban J connectivity index is 1.68. The van der Waals surface area contributed by atoms with E-state index in [1.54, 1.807) is 24.3 Å². The van der Waals surface area contributed by atoms with E-state index in [0.29, 0.717) is 0 Å². The largest absolute Gasteiger partial charge is 0.264 e. The van der Waals surface area contributed by atoms with E-state index in [9.17, 15) is 25.6 Å². The predicted molar refractivity (Wildman–Crippen MR) is 162 cm³/mol.